The molecule has 0 aliphatic carbocycles. The molecule has 0 aromatic rings. The number of piperidine rings is 1. The van der Waals surface area contributed by atoms with Gasteiger partial charge in [-0.15, -0.1) is 0 Å². The average Bonchev–Trinajstić information content (AvgIpc) is 2.07. The summed E-state index contributed by atoms with van der Waals surface area (Å²) in [6.45, 7) is 3.80. The first-order chi connectivity index (χ1) is 5.43. The van der Waals surface area contributed by atoms with Crippen LogP contribution in [0.25, 0.3) is 0 Å². The molecule has 0 aromatic carbocycles. The Morgan fingerprint density at radius 3 is 2.45 bits per heavy atom. The van der Waals surface area contributed by atoms with Crippen molar-refractivity contribution in [3.8, 4) is 0 Å². The fraction of sp³-hybridized carbons (Fsp3) is 0.778. The predicted octanol–water partition coefficient (Wildman–Crippen LogP) is 1.62. The van der Waals surface area contributed by atoms with Crippen molar-refractivity contribution >= 4 is 17.7 Å². The van der Waals surface area contributed by atoms with Crippen LogP contribution in [0.5, 0.6) is 0 Å². The Morgan fingerprint density at radius 1 is 1.09 bits per heavy atom. The van der Waals surface area contributed by atoms with E-state index in [9.17, 15) is 0 Å². The third-order valence-corrected chi connectivity index (χ3v) is 2.21. The molecule has 0 spiro atoms. The third kappa shape index (κ3) is 4.01. The van der Waals surface area contributed by atoms with Gasteiger partial charge in [-0.2, -0.15) is 0 Å². The van der Waals surface area contributed by atoms with Gasteiger partial charge in [0.2, 0.25) is 0 Å². The van der Waals surface area contributed by atoms with Crippen LogP contribution in [0.2, 0.25) is 5.09 Å². The first-order valence-electron chi connectivity index (χ1n) is 4.81. The molecule has 0 aromatic heterocycles. The zero-order valence-electron chi connectivity index (χ0n) is 7.55. The van der Waals surface area contributed by atoms with Crippen LogP contribution in [-0.2, 0) is 0 Å². The van der Waals surface area contributed by atoms with Gasteiger partial charge in [-0.25, -0.2) is 0 Å². The summed E-state index contributed by atoms with van der Waals surface area (Å²) >= 11 is 2.19. The molecule has 0 N–H and O–H groups in total. The Balaban J connectivity index is 2.09. The average molecular weight is 145 g/mol. The number of nitrogens with zero attached hydrogens (tertiary/aromatic N) is 1. The number of hydrogen-bond acceptors (Lipinski definition) is 1. The molecule has 1 saturated heterocycles. The summed E-state index contributed by atoms with van der Waals surface area (Å²) in [5.41, 5.74) is 0. The van der Waals surface area contributed by atoms with Crippen LogP contribution in [0.4, 0.5) is 0 Å². The fourth-order valence-corrected chi connectivity index (χ4v) is 1.53. The van der Waals surface area contributed by atoms with Gasteiger partial charge in [-0.1, -0.05) is 0 Å². The van der Waals surface area contributed by atoms with E-state index in [-0.39, 0.29) is 0 Å². The van der Waals surface area contributed by atoms with E-state index in [4.69, 9.17) is 0 Å². The van der Waals surface area contributed by atoms with Crippen LogP contribution in [0.3, 0.4) is 0 Å². The standard InChI is InChI=1S/C9H16N.Li/c1-2-3-7-10-8-5-4-6-9-10;/h2-3H,1,4-9H2;. The van der Waals surface area contributed by atoms with E-state index in [0.717, 1.165) is 0 Å². The third-order valence-electron chi connectivity index (χ3n) is 2.21. The Bertz CT molecular complexity index is 117. The Morgan fingerprint density at radius 2 is 1.82 bits per heavy atom. The van der Waals surface area contributed by atoms with E-state index in [2.05, 4.69) is 34.8 Å². The second-order valence-electron chi connectivity index (χ2n) is 3.24. The zero-order valence-corrected chi connectivity index (χ0v) is 7.55. The molecule has 0 unspecified atom stereocenters. The van der Waals surface area contributed by atoms with Crippen molar-refractivity contribution in [2.45, 2.75) is 24.4 Å². The zero-order chi connectivity index (χ0) is 7.94. The normalized spacial score (nSPS) is 21.3. The van der Waals surface area contributed by atoms with Crippen LogP contribution >= 0.6 is 0 Å². The van der Waals surface area contributed by atoms with Crippen molar-refractivity contribution < 1.29 is 0 Å². The first kappa shape index (κ1) is 9.39. The van der Waals surface area contributed by atoms with Gasteiger partial charge in [-0.3, -0.25) is 0 Å². The SMILES string of the molecule is [Li][CH2]C=CCN1CCCCC1. The molecule has 58 valence electrons. The molecule has 0 atom stereocenters. The van der Waals surface area contributed by atoms with Crippen LogP contribution in [0.1, 0.15) is 19.3 Å². The van der Waals surface area contributed by atoms with Gasteiger partial charge >= 0.3 is 78.8 Å². The maximum atomic E-state index is 2.54. The Labute approximate surface area is 79.0 Å². The van der Waals surface area contributed by atoms with Crippen molar-refractivity contribution in [1.82, 2.24) is 4.90 Å². The summed E-state index contributed by atoms with van der Waals surface area (Å²) in [7, 11) is 0. The molecule has 0 radical (unpaired) electrons. The maximum absolute atomic E-state index is 2.54. The van der Waals surface area contributed by atoms with Gasteiger partial charge < -0.3 is 0 Å². The van der Waals surface area contributed by atoms with Crippen LogP contribution in [-0.4, -0.2) is 42.2 Å². The van der Waals surface area contributed by atoms with Gasteiger partial charge in [0.25, 0.3) is 0 Å². The van der Waals surface area contributed by atoms with Gasteiger partial charge in [0.05, 0.1) is 0 Å². The summed E-state index contributed by atoms with van der Waals surface area (Å²) in [6.07, 6.45) is 8.80. The monoisotopic (exact) mass is 145 g/mol. The molecule has 11 heavy (non-hydrogen) atoms. The molecule has 1 aliphatic heterocycles. The molecule has 0 bridgehead atoms. The molecular weight excluding hydrogens is 129 g/mol. The number of allylic oxidation sites excluding steroid dienone is 1. The summed E-state index contributed by atoms with van der Waals surface area (Å²) < 4.78 is 0. The summed E-state index contributed by atoms with van der Waals surface area (Å²) in [4.78, 5) is 2.54. The number of rotatable bonds is 3. The molecular formula is C9H16LiN. The van der Waals surface area contributed by atoms with Crippen molar-refractivity contribution in [2.75, 3.05) is 19.6 Å². The van der Waals surface area contributed by atoms with Gasteiger partial charge in [0.1, 0.15) is 0 Å². The molecule has 1 heterocycles. The topological polar surface area (TPSA) is 3.24 Å². The van der Waals surface area contributed by atoms with E-state index in [1.807, 2.05) is 0 Å². The summed E-state index contributed by atoms with van der Waals surface area (Å²) in [6, 6.07) is 0. The van der Waals surface area contributed by atoms with Crippen molar-refractivity contribution in [2.24, 2.45) is 0 Å². The van der Waals surface area contributed by atoms with Crippen LogP contribution in [0, 0.1) is 0 Å². The van der Waals surface area contributed by atoms with E-state index in [0.29, 0.717) is 0 Å². The predicted molar refractivity (Wildman–Crippen MR) is 50.0 cm³/mol. The molecule has 1 aliphatic rings. The Hall–Kier alpha value is 0.297. The van der Waals surface area contributed by atoms with Gasteiger partial charge in [-0.05, 0) is 0 Å². The second kappa shape index (κ2) is 5.89. The molecule has 2 heteroatoms. The first-order valence-corrected chi connectivity index (χ1v) is 4.81. The summed E-state index contributed by atoms with van der Waals surface area (Å²) in [5, 5.41) is 1.17. The minimum absolute atomic E-state index is 1.17. The molecule has 0 amide bonds. The van der Waals surface area contributed by atoms with E-state index >= 15 is 0 Å². The van der Waals surface area contributed by atoms with E-state index in [1.165, 1.54) is 44.0 Å². The molecule has 1 fully saturated rings. The molecule has 1 rings (SSSR count). The molecule has 1 nitrogen and oxygen atoms in total. The van der Waals surface area contributed by atoms with Crippen LogP contribution in [0.15, 0.2) is 12.2 Å². The Kier molecular flexibility index (Phi) is 5.02. The van der Waals surface area contributed by atoms with E-state index in [1.54, 1.807) is 0 Å². The molecule has 0 saturated carbocycles. The van der Waals surface area contributed by atoms with Gasteiger partial charge in [0, 0.05) is 0 Å². The van der Waals surface area contributed by atoms with Crippen molar-refractivity contribution in [1.29, 1.82) is 0 Å². The fourth-order valence-electron chi connectivity index (χ4n) is 1.53. The van der Waals surface area contributed by atoms with Crippen molar-refractivity contribution in [3.63, 3.8) is 0 Å². The second-order valence-corrected chi connectivity index (χ2v) is 3.24. The van der Waals surface area contributed by atoms with Gasteiger partial charge in [0.15, 0.2) is 0 Å². The van der Waals surface area contributed by atoms with Crippen LogP contribution < -0.4 is 0 Å². The van der Waals surface area contributed by atoms with Crippen molar-refractivity contribution in [3.05, 3.63) is 12.2 Å². The quantitative estimate of drug-likeness (QED) is 0.431. The van der Waals surface area contributed by atoms with E-state index < -0.39 is 0 Å². The minimum atomic E-state index is 1.17. The number of hydrogen-bond donors (Lipinski definition) is 0. The number of likely N-dealkylation sites (tertiary alicyclic amines) is 1. The summed E-state index contributed by atoms with van der Waals surface area (Å²) in [5.74, 6) is 0.